The maximum absolute atomic E-state index is 5.99. The van der Waals surface area contributed by atoms with Crippen molar-refractivity contribution in [3.63, 3.8) is 0 Å². The van der Waals surface area contributed by atoms with E-state index in [0.29, 0.717) is 11.5 Å². The maximum atomic E-state index is 5.99. The molecule has 39 heavy (non-hydrogen) atoms. The van der Waals surface area contributed by atoms with Gasteiger partial charge in [0.25, 0.3) is 0 Å². The first kappa shape index (κ1) is 27.6. The van der Waals surface area contributed by atoms with Crippen LogP contribution in [0.4, 0.5) is 0 Å². The van der Waals surface area contributed by atoms with Gasteiger partial charge in [-0.05, 0) is 70.6 Å². The van der Waals surface area contributed by atoms with E-state index in [9.17, 15) is 0 Å². The number of hydrogen-bond acceptors (Lipinski definition) is 5. The Morgan fingerprint density at radius 2 is 1.33 bits per heavy atom. The predicted octanol–water partition coefficient (Wildman–Crippen LogP) is 7.59. The van der Waals surface area contributed by atoms with Crippen molar-refractivity contribution in [2.75, 3.05) is 35.5 Å². The lowest BCUT2D eigenvalue weighted by molar-refractivity contribution is 0.354. The van der Waals surface area contributed by atoms with Gasteiger partial charge in [0.1, 0.15) is 0 Å². The van der Waals surface area contributed by atoms with Crippen molar-refractivity contribution in [2.24, 2.45) is 0 Å². The Hall–Kier alpha value is -4.38. The molecule has 0 fully saturated rings. The van der Waals surface area contributed by atoms with Gasteiger partial charge >= 0.3 is 0 Å². The molecule has 1 N–H and O–H groups in total. The van der Waals surface area contributed by atoms with Crippen LogP contribution < -0.4 is 24.3 Å². The van der Waals surface area contributed by atoms with Crippen LogP contribution in [0.5, 0.6) is 23.0 Å². The Balaban J connectivity index is 1.81. The van der Waals surface area contributed by atoms with E-state index < -0.39 is 0 Å². The van der Waals surface area contributed by atoms with Crippen molar-refractivity contribution in [3.05, 3.63) is 102 Å². The molecule has 0 aromatic heterocycles. The molecule has 1 unspecified atom stereocenters. The Labute approximate surface area is 232 Å². The second-order valence-corrected chi connectivity index (χ2v) is 9.35. The molecule has 0 spiro atoms. The van der Waals surface area contributed by atoms with Crippen LogP contribution in [0.1, 0.15) is 29.5 Å². The summed E-state index contributed by atoms with van der Waals surface area (Å²) in [5, 5.41) is 3.11. The molecule has 0 bridgehead atoms. The maximum Gasteiger partial charge on any atom is 0.169 e. The van der Waals surface area contributed by atoms with Gasteiger partial charge in [-0.15, -0.1) is 0 Å². The number of ether oxygens (including phenoxy) is 4. The predicted molar refractivity (Wildman–Crippen MR) is 160 cm³/mol. The van der Waals surface area contributed by atoms with Gasteiger partial charge < -0.3 is 24.3 Å². The molecule has 0 amide bonds. The van der Waals surface area contributed by atoms with Gasteiger partial charge in [0.05, 0.1) is 28.4 Å². The second kappa shape index (κ2) is 12.9. The summed E-state index contributed by atoms with van der Waals surface area (Å²) in [6, 6.07) is 27.3. The number of methoxy groups -OCH3 is 4. The third-order valence-corrected chi connectivity index (χ3v) is 6.96. The first-order chi connectivity index (χ1) is 19.0. The van der Waals surface area contributed by atoms with E-state index in [-0.39, 0.29) is 5.92 Å². The summed E-state index contributed by atoms with van der Waals surface area (Å²) in [6.45, 7) is 2.23. The monoisotopic (exact) mass is 523 g/mol. The minimum Gasteiger partial charge on any atom is -0.493 e. The Morgan fingerprint density at radius 1 is 0.692 bits per heavy atom. The van der Waals surface area contributed by atoms with E-state index in [2.05, 4.69) is 72.9 Å². The summed E-state index contributed by atoms with van der Waals surface area (Å²) in [4.78, 5) is 0. The summed E-state index contributed by atoms with van der Waals surface area (Å²) in [6.07, 6.45) is 4.77. The van der Waals surface area contributed by atoms with E-state index in [1.54, 1.807) is 28.4 Å². The minimum atomic E-state index is 0.168. The molecule has 5 nitrogen and oxygen atoms in total. The fourth-order valence-corrected chi connectivity index (χ4v) is 4.98. The standard InChI is InChI=1S/C34H37NO4/c1-23(20-24-12-17-31(36-3)32(21-24)37-4)29-22-30(34(39-6)33(38-5)28(29)18-19-35-2)27-15-13-26(14-16-27)25-10-8-7-9-11-25/h7-19,21-23,35H,20H2,1-6H3/b19-18-. The van der Waals surface area contributed by atoms with Crippen molar-refractivity contribution in [2.45, 2.75) is 19.3 Å². The lowest BCUT2D eigenvalue weighted by Gasteiger charge is -2.23. The van der Waals surface area contributed by atoms with E-state index in [1.165, 1.54) is 11.1 Å². The molecular formula is C34H37NO4. The highest BCUT2D eigenvalue weighted by atomic mass is 16.5. The van der Waals surface area contributed by atoms with Crippen LogP contribution in [-0.4, -0.2) is 35.5 Å². The Kier molecular flexibility index (Phi) is 9.16. The van der Waals surface area contributed by atoms with Gasteiger partial charge in [-0.2, -0.15) is 0 Å². The second-order valence-electron chi connectivity index (χ2n) is 9.35. The van der Waals surface area contributed by atoms with Crippen molar-refractivity contribution >= 4 is 6.08 Å². The van der Waals surface area contributed by atoms with Crippen LogP contribution in [-0.2, 0) is 6.42 Å². The number of nitrogens with one attached hydrogen (secondary N) is 1. The van der Waals surface area contributed by atoms with Gasteiger partial charge in [0.2, 0.25) is 0 Å². The minimum absolute atomic E-state index is 0.168. The van der Waals surface area contributed by atoms with Crippen molar-refractivity contribution in [3.8, 4) is 45.3 Å². The first-order valence-corrected chi connectivity index (χ1v) is 13.0. The summed E-state index contributed by atoms with van der Waals surface area (Å²) >= 11 is 0. The molecule has 4 aromatic rings. The van der Waals surface area contributed by atoms with E-state index >= 15 is 0 Å². The lowest BCUT2D eigenvalue weighted by atomic mass is 9.86. The molecule has 202 valence electrons. The summed E-state index contributed by atoms with van der Waals surface area (Å²) in [5.74, 6) is 3.04. The number of benzene rings is 4. The number of hydrogen-bond donors (Lipinski definition) is 1. The molecule has 0 aliphatic carbocycles. The van der Waals surface area contributed by atoms with Crippen LogP contribution in [0.15, 0.2) is 85.1 Å². The molecule has 4 aromatic carbocycles. The van der Waals surface area contributed by atoms with Crippen LogP contribution in [0, 0.1) is 0 Å². The van der Waals surface area contributed by atoms with Gasteiger partial charge in [0, 0.05) is 18.2 Å². The zero-order valence-corrected chi connectivity index (χ0v) is 23.6. The summed E-state index contributed by atoms with van der Waals surface area (Å²) < 4.78 is 22.9. The van der Waals surface area contributed by atoms with E-state index in [4.69, 9.17) is 18.9 Å². The van der Waals surface area contributed by atoms with Crippen LogP contribution in [0.2, 0.25) is 0 Å². The molecule has 5 heteroatoms. The van der Waals surface area contributed by atoms with Crippen LogP contribution >= 0.6 is 0 Å². The van der Waals surface area contributed by atoms with E-state index in [0.717, 1.165) is 45.7 Å². The Bertz CT molecular complexity index is 1410. The van der Waals surface area contributed by atoms with Crippen molar-refractivity contribution < 1.29 is 18.9 Å². The smallest absolute Gasteiger partial charge is 0.169 e. The summed E-state index contributed by atoms with van der Waals surface area (Å²) in [5.41, 5.74) is 7.72. The highest BCUT2D eigenvalue weighted by molar-refractivity contribution is 5.81. The molecule has 0 saturated carbocycles. The molecule has 1 atom stereocenters. The molecule has 0 aliphatic heterocycles. The molecule has 0 radical (unpaired) electrons. The molecular weight excluding hydrogens is 486 g/mol. The molecule has 0 heterocycles. The molecule has 4 rings (SSSR count). The highest BCUT2D eigenvalue weighted by Crippen LogP contribution is 2.46. The van der Waals surface area contributed by atoms with Gasteiger partial charge in [-0.1, -0.05) is 67.6 Å². The normalized spacial score (nSPS) is 11.7. The van der Waals surface area contributed by atoms with Gasteiger partial charge in [-0.3, -0.25) is 0 Å². The number of rotatable bonds is 11. The first-order valence-electron chi connectivity index (χ1n) is 13.0. The molecule has 0 saturated heterocycles. The third-order valence-electron chi connectivity index (χ3n) is 6.96. The van der Waals surface area contributed by atoms with Gasteiger partial charge in [-0.25, -0.2) is 0 Å². The van der Waals surface area contributed by atoms with Crippen molar-refractivity contribution in [1.29, 1.82) is 0 Å². The van der Waals surface area contributed by atoms with Crippen LogP contribution in [0.25, 0.3) is 28.3 Å². The van der Waals surface area contributed by atoms with Gasteiger partial charge in [0.15, 0.2) is 23.0 Å². The average molecular weight is 524 g/mol. The quantitative estimate of drug-likeness (QED) is 0.219. The topological polar surface area (TPSA) is 49.0 Å². The highest BCUT2D eigenvalue weighted by Gasteiger charge is 2.23. The van der Waals surface area contributed by atoms with E-state index in [1.807, 2.05) is 37.5 Å². The lowest BCUT2D eigenvalue weighted by Crippen LogP contribution is -2.06. The largest absolute Gasteiger partial charge is 0.493 e. The molecule has 0 aliphatic rings. The third kappa shape index (κ3) is 6.04. The average Bonchev–Trinajstić information content (AvgIpc) is 2.99. The zero-order chi connectivity index (χ0) is 27.8. The Morgan fingerprint density at radius 3 is 1.95 bits per heavy atom. The summed E-state index contributed by atoms with van der Waals surface area (Å²) in [7, 11) is 8.58. The van der Waals surface area contributed by atoms with Crippen LogP contribution in [0.3, 0.4) is 0 Å². The zero-order valence-electron chi connectivity index (χ0n) is 23.6. The fourth-order valence-electron chi connectivity index (χ4n) is 4.98. The van der Waals surface area contributed by atoms with Crippen molar-refractivity contribution in [1.82, 2.24) is 5.32 Å². The SMILES string of the molecule is CN/C=C\c1c(C(C)Cc2ccc(OC)c(OC)c2)cc(-c2ccc(-c3ccccc3)cc2)c(OC)c1OC. The fraction of sp³-hybridized carbons (Fsp3) is 0.235.